The first-order valence-electron chi connectivity index (χ1n) is 11.9. The minimum absolute atomic E-state index is 0. The lowest BCUT2D eigenvalue weighted by molar-refractivity contribution is -0.188. The third-order valence-electron chi connectivity index (χ3n) is 6.77. The van der Waals surface area contributed by atoms with Crippen molar-refractivity contribution in [2.75, 3.05) is 32.8 Å². The molecule has 2 aromatic rings. The zero-order valence-corrected chi connectivity index (χ0v) is 20.5. The summed E-state index contributed by atoms with van der Waals surface area (Å²) in [6.07, 6.45) is -7.24. The molecule has 2 saturated heterocycles. The number of nitrogens with zero attached hydrogens (tertiary/aromatic N) is 1. The predicted molar refractivity (Wildman–Crippen MR) is 126 cm³/mol. The fourth-order valence-corrected chi connectivity index (χ4v) is 5.06. The van der Waals surface area contributed by atoms with Crippen molar-refractivity contribution in [3.05, 3.63) is 70.8 Å². The van der Waals surface area contributed by atoms with E-state index in [1.165, 1.54) is 12.8 Å². The molecule has 3 atom stereocenters. The Morgan fingerprint density at radius 1 is 0.889 bits per heavy atom. The molecular formula is C26H30ClF6NO2. The van der Waals surface area contributed by atoms with Crippen LogP contribution < -0.4 is 0 Å². The largest absolute Gasteiger partial charge is 0.416 e. The fourth-order valence-electron chi connectivity index (χ4n) is 5.06. The molecule has 0 spiro atoms. The second kappa shape index (κ2) is 12.2. The van der Waals surface area contributed by atoms with Crippen LogP contribution >= 0.6 is 12.4 Å². The number of likely N-dealkylation sites (tertiary alicyclic amines) is 1. The summed E-state index contributed by atoms with van der Waals surface area (Å²) in [6.45, 7) is 3.46. The Hall–Kier alpha value is -1.81. The summed E-state index contributed by atoms with van der Waals surface area (Å²) >= 11 is 0. The first kappa shape index (κ1) is 28.8. The molecule has 2 fully saturated rings. The van der Waals surface area contributed by atoms with Crippen molar-refractivity contribution in [3.63, 3.8) is 0 Å². The van der Waals surface area contributed by atoms with Crippen LogP contribution in [0.3, 0.4) is 0 Å². The van der Waals surface area contributed by atoms with E-state index in [9.17, 15) is 26.3 Å². The highest BCUT2D eigenvalue weighted by molar-refractivity contribution is 5.85. The van der Waals surface area contributed by atoms with E-state index >= 15 is 0 Å². The van der Waals surface area contributed by atoms with Crippen LogP contribution in [0.1, 0.15) is 47.4 Å². The van der Waals surface area contributed by atoms with Gasteiger partial charge in [0.15, 0.2) is 6.29 Å². The molecule has 0 aliphatic carbocycles. The molecule has 10 heteroatoms. The zero-order valence-electron chi connectivity index (χ0n) is 19.7. The van der Waals surface area contributed by atoms with Crippen molar-refractivity contribution in [3.8, 4) is 0 Å². The second-order valence-corrected chi connectivity index (χ2v) is 9.27. The van der Waals surface area contributed by atoms with Crippen LogP contribution in [0.25, 0.3) is 0 Å². The van der Waals surface area contributed by atoms with Crippen molar-refractivity contribution in [1.82, 2.24) is 4.90 Å². The molecular weight excluding hydrogens is 508 g/mol. The SMILES string of the molecule is Cl.FC(F)(F)c1cc(CCOC2OCCC(CN3CCCC3)C2c2ccccc2)cc(C(F)(F)F)c1. The topological polar surface area (TPSA) is 21.7 Å². The summed E-state index contributed by atoms with van der Waals surface area (Å²) in [6, 6.07) is 11.5. The Kier molecular flexibility index (Phi) is 9.71. The van der Waals surface area contributed by atoms with Gasteiger partial charge in [-0.2, -0.15) is 26.3 Å². The first-order valence-corrected chi connectivity index (χ1v) is 11.9. The van der Waals surface area contributed by atoms with Crippen LogP contribution in [0.15, 0.2) is 48.5 Å². The Labute approximate surface area is 213 Å². The molecule has 0 amide bonds. The standard InChI is InChI=1S/C26H29F6NO2.ClH/c27-25(28,29)21-14-18(15-22(16-21)26(30,31)32)8-12-34-24-23(19-6-2-1-3-7-19)20(9-13-35-24)17-33-10-4-5-11-33;/h1-3,6-7,14-16,20,23-24H,4-5,8-13,17H2;1H. The molecule has 200 valence electrons. The quantitative estimate of drug-likeness (QED) is 0.357. The third kappa shape index (κ3) is 7.37. The average Bonchev–Trinajstić information content (AvgIpc) is 3.32. The fraction of sp³-hybridized carbons (Fsp3) is 0.538. The molecule has 0 N–H and O–H groups in total. The Morgan fingerprint density at radius 3 is 2.08 bits per heavy atom. The van der Waals surface area contributed by atoms with Gasteiger partial charge in [-0.3, -0.25) is 0 Å². The molecule has 3 unspecified atom stereocenters. The Bertz CT molecular complexity index is 931. The van der Waals surface area contributed by atoms with Crippen molar-refractivity contribution in [2.24, 2.45) is 5.92 Å². The van der Waals surface area contributed by atoms with Crippen molar-refractivity contribution in [1.29, 1.82) is 0 Å². The van der Waals surface area contributed by atoms with Gasteiger partial charge < -0.3 is 14.4 Å². The summed E-state index contributed by atoms with van der Waals surface area (Å²) in [5.41, 5.74) is -1.65. The van der Waals surface area contributed by atoms with Gasteiger partial charge in [0.05, 0.1) is 24.3 Å². The number of rotatable bonds is 7. The lowest BCUT2D eigenvalue weighted by Crippen LogP contribution is -2.42. The monoisotopic (exact) mass is 537 g/mol. The minimum Gasteiger partial charge on any atom is -0.352 e. The molecule has 3 nitrogen and oxygen atoms in total. The van der Waals surface area contributed by atoms with E-state index in [4.69, 9.17) is 9.47 Å². The van der Waals surface area contributed by atoms with Crippen LogP contribution in [0.2, 0.25) is 0 Å². The van der Waals surface area contributed by atoms with Gasteiger partial charge in [0.1, 0.15) is 0 Å². The molecule has 2 heterocycles. The van der Waals surface area contributed by atoms with Gasteiger partial charge in [0.25, 0.3) is 0 Å². The minimum atomic E-state index is -4.87. The smallest absolute Gasteiger partial charge is 0.352 e. The van der Waals surface area contributed by atoms with Gasteiger partial charge in [-0.15, -0.1) is 12.4 Å². The summed E-state index contributed by atoms with van der Waals surface area (Å²) < 4.78 is 91.0. The summed E-state index contributed by atoms with van der Waals surface area (Å²) in [4.78, 5) is 2.43. The molecule has 2 aromatic carbocycles. The molecule has 0 saturated carbocycles. The van der Waals surface area contributed by atoms with E-state index in [0.717, 1.165) is 43.8 Å². The highest BCUT2D eigenvalue weighted by atomic mass is 35.5. The van der Waals surface area contributed by atoms with E-state index in [-0.39, 0.29) is 48.9 Å². The lowest BCUT2D eigenvalue weighted by Gasteiger charge is -2.40. The number of halogens is 7. The molecule has 0 bridgehead atoms. The number of benzene rings is 2. The van der Waals surface area contributed by atoms with Gasteiger partial charge in [-0.1, -0.05) is 30.3 Å². The van der Waals surface area contributed by atoms with Gasteiger partial charge >= 0.3 is 12.4 Å². The van der Waals surface area contributed by atoms with E-state index in [0.29, 0.717) is 6.61 Å². The van der Waals surface area contributed by atoms with Crippen LogP contribution in [-0.2, 0) is 28.2 Å². The number of alkyl halides is 6. The molecule has 2 aliphatic rings. The summed E-state index contributed by atoms with van der Waals surface area (Å²) in [5.74, 6) is 0.206. The zero-order chi connectivity index (χ0) is 25.1. The lowest BCUT2D eigenvalue weighted by atomic mass is 9.81. The molecule has 0 radical (unpaired) electrons. The first-order chi connectivity index (χ1) is 16.6. The molecule has 4 rings (SSSR count). The number of ether oxygens (including phenoxy) is 2. The number of hydrogen-bond acceptors (Lipinski definition) is 3. The van der Waals surface area contributed by atoms with Crippen molar-refractivity contribution < 1.29 is 35.8 Å². The highest BCUT2D eigenvalue weighted by Crippen LogP contribution is 2.39. The maximum atomic E-state index is 13.2. The van der Waals surface area contributed by atoms with Crippen molar-refractivity contribution >= 4 is 12.4 Å². The van der Waals surface area contributed by atoms with Crippen LogP contribution in [0, 0.1) is 5.92 Å². The van der Waals surface area contributed by atoms with Gasteiger partial charge in [-0.05, 0) is 74.0 Å². The van der Waals surface area contributed by atoms with Gasteiger partial charge in [0.2, 0.25) is 0 Å². The highest BCUT2D eigenvalue weighted by Gasteiger charge is 2.38. The van der Waals surface area contributed by atoms with Crippen LogP contribution in [-0.4, -0.2) is 44.0 Å². The van der Waals surface area contributed by atoms with E-state index < -0.39 is 29.8 Å². The van der Waals surface area contributed by atoms with Gasteiger partial charge in [-0.25, -0.2) is 0 Å². The maximum absolute atomic E-state index is 13.2. The average molecular weight is 538 g/mol. The van der Waals surface area contributed by atoms with E-state index in [2.05, 4.69) is 4.90 Å². The van der Waals surface area contributed by atoms with E-state index in [1.54, 1.807) is 0 Å². The third-order valence-corrected chi connectivity index (χ3v) is 6.77. The second-order valence-electron chi connectivity index (χ2n) is 9.27. The van der Waals surface area contributed by atoms with Crippen LogP contribution in [0.5, 0.6) is 0 Å². The predicted octanol–water partition coefficient (Wildman–Crippen LogP) is 6.95. The Balaban J connectivity index is 0.00000361. The van der Waals surface area contributed by atoms with Gasteiger partial charge in [0, 0.05) is 12.5 Å². The number of hydrogen-bond donors (Lipinski definition) is 0. The van der Waals surface area contributed by atoms with E-state index in [1.807, 2.05) is 30.3 Å². The maximum Gasteiger partial charge on any atom is 0.416 e. The van der Waals surface area contributed by atoms with Crippen LogP contribution in [0.4, 0.5) is 26.3 Å². The summed E-state index contributed by atoms with van der Waals surface area (Å²) in [5, 5.41) is 0. The molecule has 0 aromatic heterocycles. The molecule has 2 aliphatic heterocycles. The Morgan fingerprint density at radius 2 is 1.50 bits per heavy atom. The molecule has 36 heavy (non-hydrogen) atoms. The summed E-state index contributed by atoms with van der Waals surface area (Å²) in [7, 11) is 0. The van der Waals surface area contributed by atoms with Crippen molar-refractivity contribution in [2.45, 2.75) is 50.2 Å². The normalized spacial score (nSPS) is 23.4.